The van der Waals surface area contributed by atoms with Crippen molar-refractivity contribution in [2.45, 2.75) is 38.5 Å². The van der Waals surface area contributed by atoms with Gasteiger partial charge in [-0.05, 0) is 37.0 Å². The van der Waals surface area contributed by atoms with Gasteiger partial charge in [-0.1, -0.05) is 25.7 Å². The number of aromatic amines is 2. The second-order valence-electron chi connectivity index (χ2n) is 5.58. The van der Waals surface area contributed by atoms with Crippen LogP contribution in [0.15, 0.2) is 23.0 Å². The largest absolute Gasteiger partial charge is 0.385 e. The monoisotopic (exact) mass is 259 g/mol. The fourth-order valence-corrected chi connectivity index (χ4v) is 2.97. The van der Waals surface area contributed by atoms with Gasteiger partial charge in [0.05, 0.1) is 11.0 Å². The van der Waals surface area contributed by atoms with Gasteiger partial charge in [0, 0.05) is 12.2 Å². The van der Waals surface area contributed by atoms with E-state index >= 15 is 0 Å². The minimum atomic E-state index is -0.143. The molecule has 1 aliphatic rings. The summed E-state index contributed by atoms with van der Waals surface area (Å²) >= 11 is 0. The molecule has 1 saturated carbocycles. The number of hydrogen-bond donors (Lipinski definition) is 3. The molecule has 3 rings (SSSR count). The predicted molar refractivity (Wildman–Crippen MR) is 78.6 cm³/mol. The van der Waals surface area contributed by atoms with Gasteiger partial charge in [-0.25, -0.2) is 4.79 Å². The van der Waals surface area contributed by atoms with E-state index in [0.717, 1.165) is 29.2 Å². The molecule has 0 spiro atoms. The Bertz CT molecular complexity index is 591. The van der Waals surface area contributed by atoms with Crippen molar-refractivity contribution < 1.29 is 0 Å². The maximum atomic E-state index is 11.2. The van der Waals surface area contributed by atoms with E-state index in [-0.39, 0.29) is 5.69 Å². The topological polar surface area (TPSA) is 60.7 Å². The molecule has 0 aliphatic heterocycles. The van der Waals surface area contributed by atoms with E-state index in [0.29, 0.717) is 0 Å². The zero-order valence-electron chi connectivity index (χ0n) is 11.2. The highest BCUT2D eigenvalue weighted by Gasteiger charge is 2.11. The zero-order chi connectivity index (χ0) is 13.1. The van der Waals surface area contributed by atoms with Crippen molar-refractivity contribution in [3.05, 3.63) is 28.7 Å². The number of H-pyrrole nitrogens is 2. The van der Waals surface area contributed by atoms with E-state index in [1.807, 2.05) is 18.2 Å². The Hall–Kier alpha value is -1.71. The predicted octanol–water partition coefficient (Wildman–Crippen LogP) is 3.24. The Balaban J connectivity index is 1.65. The van der Waals surface area contributed by atoms with E-state index in [1.54, 1.807) is 0 Å². The maximum absolute atomic E-state index is 11.2. The molecule has 1 aromatic carbocycles. The molecule has 4 heteroatoms. The molecule has 0 saturated heterocycles. The number of benzene rings is 1. The molecule has 0 atom stereocenters. The third-order valence-corrected chi connectivity index (χ3v) is 4.09. The van der Waals surface area contributed by atoms with E-state index in [2.05, 4.69) is 15.3 Å². The first-order valence-corrected chi connectivity index (χ1v) is 7.27. The molecule has 1 aliphatic carbocycles. The summed E-state index contributed by atoms with van der Waals surface area (Å²) in [7, 11) is 0. The number of rotatable bonds is 3. The van der Waals surface area contributed by atoms with Gasteiger partial charge in [0.25, 0.3) is 0 Å². The average Bonchev–Trinajstić information content (AvgIpc) is 2.62. The fourth-order valence-electron chi connectivity index (χ4n) is 2.97. The van der Waals surface area contributed by atoms with Crippen molar-refractivity contribution >= 4 is 16.7 Å². The van der Waals surface area contributed by atoms with Crippen molar-refractivity contribution in [1.82, 2.24) is 9.97 Å². The lowest BCUT2D eigenvalue weighted by molar-refractivity contribution is 0.483. The number of hydrogen-bond acceptors (Lipinski definition) is 2. The molecule has 4 nitrogen and oxygen atoms in total. The Labute approximate surface area is 112 Å². The molecule has 1 aromatic heterocycles. The van der Waals surface area contributed by atoms with Crippen LogP contribution in [0.2, 0.25) is 0 Å². The van der Waals surface area contributed by atoms with Gasteiger partial charge in [0.1, 0.15) is 0 Å². The van der Waals surface area contributed by atoms with Crippen LogP contribution >= 0.6 is 0 Å². The lowest BCUT2D eigenvalue weighted by Gasteiger charge is -2.15. The normalized spacial score (nSPS) is 17.5. The standard InChI is InChI=1S/C15H21N3O/c19-15-17-13-8-7-12(9-14(13)18-15)16-10-11-5-3-1-2-4-6-11/h7-9,11,16H,1-6,10H2,(H2,17,18,19). The molecular weight excluding hydrogens is 238 g/mol. The quantitative estimate of drug-likeness (QED) is 0.741. The third-order valence-electron chi connectivity index (χ3n) is 4.09. The third kappa shape index (κ3) is 3.00. The first-order chi connectivity index (χ1) is 9.31. The maximum Gasteiger partial charge on any atom is 0.323 e. The van der Waals surface area contributed by atoms with Gasteiger partial charge in [-0.2, -0.15) is 0 Å². The molecule has 19 heavy (non-hydrogen) atoms. The molecule has 2 aromatic rings. The van der Waals surface area contributed by atoms with Crippen LogP contribution in [0.5, 0.6) is 0 Å². The highest BCUT2D eigenvalue weighted by atomic mass is 16.1. The molecule has 3 N–H and O–H groups in total. The zero-order valence-corrected chi connectivity index (χ0v) is 11.2. The van der Waals surface area contributed by atoms with Crippen LogP contribution in [-0.4, -0.2) is 16.5 Å². The molecule has 1 fully saturated rings. The van der Waals surface area contributed by atoms with Crippen molar-refractivity contribution in [1.29, 1.82) is 0 Å². The van der Waals surface area contributed by atoms with Gasteiger partial charge >= 0.3 is 5.69 Å². The summed E-state index contributed by atoms with van der Waals surface area (Å²) in [5, 5.41) is 3.51. The van der Waals surface area contributed by atoms with Crippen LogP contribution in [0.4, 0.5) is 5.69 Å². The minimum Gasteiger partial charge on any atom is -0.385 e. The van der Waals surface area contributed by atoms with Crippen LogP contribution in [0.1, 0.15) is 38.5 Å². The number of imidazole rings is 1. The van der Waals surface area contributed by atoms with E-state index < -0.39 is 0 Å². The fraction of sp³-hybridized carbons (Fsp3) is 0.533. The summed E-state index contributed by atoms with van der Waals surface area (Å²) in [6.45, 7) is 1.04. The van der Waals surface area contributed by atoms with Gasteiger partial charge < -0.3 is 15.3 Å². The number of anilines is 1. The Morgan fingerprint density at radius 2 is 1.79 bits per heavy atom. The summed E-state index contributed by atoms with van der Waals surface area (Å²) in [5.74, 6) is 0.795. The van der Waals surface area contributed by atoms with Crippen LogP contribution < -0.4 is 11.0 Å². The van der Waals surface area contributed by atoms with Gasteiger partial charge in [0.2, 0.25) is 0 Å². The SMILES string of the molecule is O=c1[nH]c2ccc(NCC3CCCCCC3)cc2[nH]1. The molecule has 0 bridgehead atoms. The van der Waals surface area contributed by atoms with Gasteiger partial charge in [-0.15, -0.1) is 0 Å². The first-order valence-electron chi connectivity index (χ1n) is 7.27. The molecule has 0 amide bonds. The van der Waals surface area contributed by atoms with Crippen LogP contribution in [-0.2, 0) is 0 Å². The van der Waals surface area contributed by atoms with Gasteiger partial charge in [-0.3, -0.25) is 0 Å². The van der Waals surface area contributed by atoms with Crippen molar-refractivity contribution in [2.24, 2.45) is 5.92 Å². The number of nitrogens with one attached hydrogen (secondary N) is 3. The molecular formula is C15H21N3O. The van der Waals surface area contributed by atoms with Crippen LogP contribution in [0, 0.1) is 5.92 Å². The Kier molecular flexibility index (Phi) is 3.58. The summed E-state index contributed by atoms with van der Waals surface area (Å²) in [6, 6.07) is 5.98. The average molecular weight is 259 g/mol. The van der Waals surface area contributed by atoms with Crippen LogP contribution in [0.25, 0.3) is 11.0 Å². The lowest BCUT2D eigenvalue weighted by atomic mass is 10.0. The van der Waals surface area contributed by atoms with Crippen LogP contribution in [0.3, 0.4) is 0 Å². The highest BCUT2D eigenvalue weighted by molar-refractivity contribution is 5.78. The second kappa shape index (κ2) is 5.51. The lowest BCUT2D eigenvalue weighted by Crippen LogP contribution is -2.13. The molecule has 0 radical (unpaired) electrons. The first kappa shape index (κ1) is 12.3. The summed E-state index contributed by atoms with van der Waals surface area (Å²) in [4.78, 5) is 16.8. The summed E-state index contributed by atoms with van der Waals surface area (Å²) < 4.78 is 0. The molecule has 0 unspecified atom stereocenters. The summed E-state index contributed by atoms with van der Waals surface area (Å²) in [5.41, 5.74) is 2.68. The minimum absolute atomic E-state index is 0.143. The van der Waals surface area contributed by atoms with Crippen molar-refractivity contribution in [2.75, 3.05) is 11.9 Å². The molecule has 1 heterocycles. The molecule has 102 valence electrons. The van der Waals surface area contributed by atoms with Crippen molar-refractivity contribution in [3.63, 3.8) is 0 Å². The number of aromatic nitrogens is 2. The van der Waals surface area contributed by atoms with E-state index in [9.17, 15) is 4.79 Å². The Morgan fingerprint density at radius 3 is 2.58 bits per heavy atom. The highest BCUT2D eigenvalue weighted by Crippen LogP contribution is 2.23. The Morgan fingerprint density at radius 1 is 1.05 bits per heavy atom. The van der Waals surface area contributed by atoms with Crippen molar-refractivity contribution in [3.8, 4) is 0 Å². The van der Waals surface area contributed by atoms with Gasteiger partial charge in [0.15, 0.2) is 0 Å². The van der Waals surface area contributed by atoms with E-state index in [1.165, 1.54) is 38.5 Å². The summed E-state index contributed by atoms with van der Waals surface area (Å²) in [6.07, 6.45) is 8.22. The van der Waals surface area contributed by atoms with E-state index in [4.69, 9.17) is 0 Å². The number of fused-ring (bicyclic) bond motifs is 1. The smallest absolute Gasteiger partial charge is 0.323 e. The second-order valence-corrected chi connectivity index (χ2v) is 5.58.